The van der Waals surface area contributed by atoms with Crippen LogP contribution in [0.2, 0.25) is 4.34 Å². The average molecular weight is 267 g/mol. The highest BCUT2D eigenvalue weighted by atomic mass is 35.5. The lowest BCUT2D eigenvalue weighted by Gasteiger charge is -2.15. The van der Waals surface area contributed by atoms with Crippen LogP contribution in [-0.4, -0.2) is 22.8 Å². The lowest BCUT2D eigenvalue weighted by Crippen LogP contribution is -2.25. The van der Waals surface area contributed by atoms with E-state index >= 15 is 0 Å². The number of amides is 1. The summed E-state index contributed by atoms with van der Waals surface area (Å²) in [5.74, 6) is -0.0392. The van der Waals surface area contributed by atoms with Crippen molar-refractivity contribution in [2.24, 2.45) is 0 Å². The third-order valence-electron chi connectivity index (χ3n) is 2.28. The second kappa shape index (κ2) is 5.29. The molecule has 88 valence electrons. The number of hydrogen-bond donors (Lipinski definition) is 0. The van der Waals surface area contributed by atoms with E-state index in [2.05, 4.69) is 4.98 Å². The van der Waals surface area contributed by atoms with Gasteiger partial charge in [-0.1, -0.05) is 11.6 Å². The smallest absolute Gasteiger partial charge is 0.255 e. The van der Waals surface area contributed by atoms with Crippen molar-refractivity contribution in [3.8, 4) is 0 Å². The van der Waals surface area contributed by atoms with E-state index in [0.29, 0.717) is 12.1 Å². The van der Waals surface area contributed by atoms with Gasteiger partial charge in [-0.3, -0.25) is 9.78 Å². The molecule has 0 saturated carbocycles. The molecule has 17 heavy (non-hydrogen) atoms. The first-order valence-corrected chi connectivity index (χ1v) is 6.26. The summed E-state index contributed by atoms with van der Waals surface area (Å²) in [6, 6.07) is 7.28. The van der Waals surface area contributed by atoms with Crippen LogP contribution in [0.15, 0.2) is 36.7 Å². The highest BCUT2D eigenvalue weighted by Gasteiger charge is 2.12. The standard InChI is InChI=1S/C12H11ClN2OS/c1-15(8-10-4-5-11(13)17-10)12(16)9-3-2-6-14-7-9/h2-7H,8H2,1H3. The van der Waals surface area contributed by atoms with Gasteiger partial charge >= 0.3 is 0 Å². The van der Waals surface area contributed by atoms with Gasteiger partial charge in [-0.05, 0) is 24.3 Å². The van der Waals surface area contributed by atoms with Crippen LogP contribution in [0.4, 0.5) is 0 Å². The molecular formula is C12H11ClN2OS. The summed E-state index contributed by atoms with van der Waals surface area (Å²) < 4.78 is 0.738. The summed E-state index contributed by atoms with van der Waals surface area (Å²) in [5, 5.41) is 0. The Bertz CT molecular complexity index is 512. The Morgan fingerprint density at radius 2 is 2.29 bits per heavy atom. The fourth-order valence-electron chi connectivity index (χ4n) is 1.45. The molecule has 0 spiro atoms. The minimum atomic E-state index is -0.0392. The molecule has 2 aromatic rings. The van der Waals surface area contributed by atoms with Gasteiger partial charge in [0.2, 0.25) is 0 Å². The van der Waals surface area contributed by atoms with Gasteiger partial charge < -0.3 is 4.90 Å². The summed E-state index contributed by atoms with van der Waals surface area (Å²) in [4.78, 5) is 18.7. The van der Waals surface area contributed by atoms with Crippen molar-refractivity contribution in [3.05, 3.63) is 51.4 Å². The Morgan fingerprint density at radius 3 is 2.88 bits per heavy atom. The van der Waals surface area contributed by atoms with Crippen molar-refractivity contribution in [1.82, 2.24) is 9.88 Å². The van der Waals surface area contributed by atoms with E-state index in [4.69, 9.17) is 11.6 Å². The summed E-state index contributed by atoms with van der Waals surface area (Å²) >= 11 is 7.33. The Morgan fingerprint density at radius 1 is 1.47 bits per heavy atom. The molecule has 0 aliphatic rings. The molecule has 3 nitrogen and oxygen atoms in total. The number of halogens is 1. The van der Waals surface area contributed by atoms with Crippen molar-refractivity contribution in [1.29, 1.82) is 0 Å². The molecular weight excluding hydrogens is 256 g/mol. The molecule has 0 aliphatic carbocycles. The van der Waals surface area contributed by atoms with Crippen molar-refractivity contribution in [2.75, 3.05) is 7.05 Å². The largest absolute Gasteiger partial charge is 0.337 e. The Kier molecular flexibility index (Phi) is 3.76. The topological polar surface area (TPSA) is 33.2 Å². The first-order chi connectivity index (χ1) is 8.16. The summed E-state index contributed by atoms with van der Waals surface area (Å²) in [5.41, 5.74) is 0.595. The number of rotatable bonds is 3. The maximum absolute atomic E-state index is 12.0. The Hall–Kier alpha value is -1.39. The number of pyridine rings is 1. The SMILES string of the molecule is CN(Cc1ccc(Cl)s1)C(=O)c1cccnc1. The quantitative estimate of drug-likeness (QED) is 0.855. The molecule has 0 fully saturated rings. The zero-order valence-corrected chi connectivity index (χ0v) is 10.8. The first-order valence-electron chi connectivity index (χ1n) is 5.06. The Balaban J connectivity index is 2.06. The third kappa shape index (κ3) is 3.05. The number of thiophene rings is 1. The lowest BCUT2D eigenvalue weighted by molar-refractivity contribution is 0.0786. The minimum absolute atomic E-state index is 0.0392. The van der Waals surface area contributed by atoms with Crippen molar-refractivity contribution in [3.63, 3.8) is 0 Å². The van der Waals surface area contributed by atoms with Crippen LogP contribution < -0.4 is 0 Å². The second-order valence-electron chi connectivity index (χ2n) is 3.61. The van der Waals surface area contributed by atoms with E-state index in [1.807, 2.05) is 12.1 Å². The third-order valence-corrected chi connectivity index (χ3v) is 3.49. The van der Waals surface area contributed by atoms with Gasteiger partial charge in [0.15, 0.2) is 0 Å². The molecule has 1 amide bonds. The highest BCUT2D eigenvalue weighted by Crippen LogP contribution is 2.22. The monoisotopic (exact) mass is 266 g/mol. The van der Waals surface area contributed by atoms with Gasteiger partial charge in [0.05, 0.1) is 16.4 Å². The zero-order chi connectivity index (χ0) is 12.3. The van der Waals surface area contributed by atoms with Gasteiger partial charge in [-0.25, -0.2) is 0 Å². The number of carbonyl (C=O) groups excluding carboxylic acids is 1. The molecule has 0 bridgehead atoms. The second-order valence-corrected chi connectivity index (χ2v) is 5.41. The molecule has 5 heteroatoms. The van der Waals surface area contributed by atoms with Gasteiger partial charge in [-0.2, -0.15) is 0 Å². The molecule has 0 aliphatic heterocycles. The highest BCUT2D eigenvalue weighted by molar-refractivity contribution is 7.16. The summed E-state index contributed by atoms with van der Waals surface area (Å²) in [6.45, 7) is 0.561. The minimum Gasteiger partial charge on any atom is -0.337 e. The number of nitrogens with zero attached hydrogens (tertiary/aromatic N) is 2. The molecule has 0 unspecified atom stereocenters. The predicted molar refractivity (Wildman–Crippen MR) is 69.4 cm³/mol. The zero-order valence-electron chi connectivity index (χ0n) is 9.26. The molecule has 2 heterocycles. The predicted octanol–water partition coefficient (Wildman–Crippen LogP) is 3.07. The maximum Gasteiger partial charge on any atom is 0.255 e. The number of hydrogen-bond acceptors (Lipinski definition) is 3. The molecule has 2 aromatic heterocycles. The summed E-state index contributed by atoms with van der Waals surface area (Å²) in [7, 11) is 1.77. The maximum atomic E-state index is 12.0. The van der Waals surface area contributed by atoms with Crippen LogP contribution in [0.25, 0.3) is 0 Å². The fourth-order valence-corrected chi connectivity index (χ4v) is 2.59. The molecule has 0 atom stereocenters. The lowest BCUT2D eigenvalue weighted by atomic mass is 10.2. The van der Waals surface area contributed by atoms with Crippen molar-refractivity contribution in [2.45, 2.75) is 6.54 Å². The molecule has 2 rings (SSSR count). The molecule has 0 aromatic carbocycles. The summed E-state index contributed by atoms with van der Waals surface area (Å²) in [6.07, 6.45) is 3.22. The van der Waals surface area contributed by atoms with Crippen LogP contribution in [-0.2, 0) is 6.54 Å². The van der Waals surface area contributed by atoms with E-state index in [1.165, 1.54) is 11.3 Å². The van der Waals surface area contributed by atoms with Crippen LogP contribution >= 0.6 is 22.9 Å². The van der Waals surface area contributed by atoms with Gasteiger partial charge in [-0.15, -0.1) is 11.3 Å². The van der Waals surface area contributed by atoms with Crippen LogP contribution in [0.5, 0.6) is 0 Å². The van der Waals surface area contributed by atoms with Crippen LogP contribution in [0.3, 0.4) is 0 Å². The normalized spacial score (nSPS) is 10.2. The van der Waals surface area contributed by atoms with Crippen LogP contribution in [0, 0.1) is 0 Å². The molecule has 0 radical (unpaired) electrons. The molecule has 0 saturated heterocycles. The van der Waals surface area contributed by atoms with Gasteiger partial charge in [0, 0.05) is 24.3 Å². The number of aromatic nitrogens is 1. The van der Waals surface area contributed by atoms with Crippen molar-refractivity contribution < 1.29 is 4.79 Å². The van der Waals surface area contributed by atoms with Crippen molar-refractivity contribution >= 4 is 28.8 Å². The van der Waals surface area contributed by atoms with Crippen LogP contribution in [0.1, 0.15) is 15.2 Å². The van der Waals surface area contributed by atoms with E-state index in [9.17, 15) is 4.79 Å². The van der Waals surface area contributed by atoms with E-state index in [0.717, 1.165) is 9.21 Å². The van der Waals surface area contributed by atoms with E-state index < -0.39 is 0 Å². The first kappa shape index (κ1) is 12.1. The van der Waals surface area contributed by atoms with Gasteiger partial charge in [0.1, 0.15) is 0 Å². The average Bonchev–Trinajstić information content (AvgIpc) is 2.75. The molecule has 0 N–H and O–H groups in total. The van der Waals surface area contributed by atoms with E-state index in [1.54, 1.807) is 36.5 Å². The number of carbonyl (C=O) groups is 1. The fraction of sp³-hybridized carbons (Fsp3) is 0.167. The van der Waals surface area contributed by atoms with Gasteiger partial charge in [0.25, 0.3) is 5.91 Å². The van der Waals surface area contributed by atoms with E-state index in [-0.39, 0.29) is 5.91 Å². The Labute approximate surface area is 109 Å².